The van der Waals surface area contributed by atoms with Crippen LogP contribution in [-0.2, 0) is 16.4 Å². The molecule has 2 N–H and O–H groups in total. The highest BCUT2D eigenvalue weighted by atomic mass is 32.2. The number of aromatic nitrogens is 1. The molecular formula is C22H23FN4O4S. The van der Waals surface area contributed by atoms with Crippen molar-refractivity contribution in [1.82, 2.24) is 14.6 Å². The molecule has 168 valence electrons. The fourth-order valence-electron chi connectivity index (χ4n) is 2.80. The Morgan fingerprint density at radius 2 is 1.88 bits per heavy atom. The zero-order valence-electron chi connectivity index (χ0n) is 17.4. The SMILES string of the molecule is C=CCN(C)S(=O)(=O)c1ccc(NC(=O)NCCc2coc(-c3ccc(F)cc3)n2)cc1. The molecule has 32 heavy (non-hydrogen) atoms. The number of anilines is 1. The summed E-state index contributed by atoms with van der Waals surface area (Å²) in [5, 5.41) is 5.34. The third kappa shape index (κ3) is 5.80. The Balaban J connectivity index is 1.49. The fraction of sp³-hybridized carbons (Fsp3) is 0.182. The lowest BCUT2D eigenvalue weighted by atomic mass is 10.2. The molecule has 0 radical (unpaired) electrons. The molecule has 0 saturated carbocycles. The summed E-state index contributed by atoms with van der Waals surface area (Å²) in [7, 11) is -2.15. The largest absolute Gasteiger partial charge is 0.444 e. The highest BCUT2D eigenvalue weighted by Gasteiger charge is 2.19. The van der Waals surface area contributed by atoms with Gasteiger partial charge < -0.3 is 15.1 Å². The van der Waals surface area contributed by atoms with Crippen molar-refractivity contribution in [2.24, 2.45) is 0 Å². The van der Waals surface area contributed by atoms with Gasteiger partial charge in [-0.2, -0.15) is 4.31 Å². The lowest BCUT2D eigenvalue weighted by Gasteiger charge is -2.15. The van der Waals surface area contributed by atoms with Crippen LogP contribution in [0.3, 0.4) is 0 Å². The van der Waals surface area contributed by atoms with Crippen molar-refractivity contribution in [1.29, 1.82) is 0 Å². The molecule has 10 heteroatoms. The molecule has 0 atom stereocenters. The van der Waals surface area contributed by atoms with Crippen LogP contribution in [0.2, 0.25) is 0 Å². The summed E-state index contributed by atoms with van der Waals surface area (Å²) in [5.74, 6) is 0.0327. The summed E-state index contributed by atoms with van der Waals surface area (Å²) in [6, 6.07) is 11.2. The molecule has 3 rings (SSSR count). The first-order chi connectivity index (χ1) is 15.3. The second-order valence-electron chi connectivity index (χ2n) is 6.88. The van der Waals surface area contributed by atoms with Crippen molar-refractivity contribution in [2.45, 2.75) is 11.3 Å². The third-order valence-corrected chi connectivity index (χ3v) is 6.35. The van der Waals surface area contributed by atoms with Gasteiger partial charge in [-0.25, -0.2) is 22.6 Å². The predicted molar refractivity (Wildman–Crippen MR) is 119 cm³/mol. The van der Waals surface area contributed by atoms with Gasteiger partial charge in [0.1, 0.15) is 12.1 Å². The Bertz CT molecular complexity index is 1180. The molecule has 0 aliphatic carbocycles. The number of sulfonamides is 1. The molecule has 1 heterocycles. The van der Waals surface area contributed by atoms with E-state index in [0.29, 0.717) is 35.8 Å². The molecule has 0 spiro atoms. The topological polar surface area (TPSA) is 105 Å². The Hall–Kier alpha value is -3.50. The van der Waals surface area contributed by atoms with Crippen LogP contribution in [0.1, 0.15) is 5.69 Å². The van der Waals surface area contributed by atoms with Crippen LogP contribution in [-0.4, -0.2) is 43.9 Å². The van der Waals surface area contributed by atoms with Crippen LogP contribution in [0, 0.1) is 5.82 Å². The number of amides is 2. The smallest absolute Gasteiger partial charge is 0.319 e. The molecule has 8 nitrogen and oxygen atoms in total. The second kappa shape index (κ2) is 10.2. The van der Waals surface area contributed by atoms with Crippen molar-refractivity contribution < 1.29 is 22.0 Å². The number of halogens is 1. The van der Waals surface area contributed by atoms with E-state index in [4.69, 9.17) is 4.42 Å². The normalized spacial score (nSPS) is 11.3. The number of oxazole rings is 1. The van der Waals surface area contributed by atoms with Crippen molar-refractivity contribution in [3.05, 3.63) is 79.0 Å². The van der Waals surface area contributed by atoms with E-state index in [-0.39, 0.29) is 17.3 Å². The monoisotopic (exact) mass is 458 g/mol. The molecular weight excluding hydrogens is 435 g/mol. The fourth-order valence-corrected chi connectivity index (χ4v) is 3.94. The van der Waals surface area contributed by atoms with Crippen LogP contribution in [0.15, 0.2) is 76.8 Å². The van der Waals surface area contributed by atoms with Crippen molar-refractivity contribution in [3.8, 4) is 11.5 Å². The van der Waals surface area contributed by atoms with E-state index in [1.807, 2.05) is 0 Å². The summed E-state index contributed by atoms with van der Waals surface area (Å²) in [6.07, 6.45) is 3.42. The van der Waals surface area contributed by atoms with Gasteiger partial charge in [-0.15, -0.1) is 6.58 Å². The highest BCUT2D eigenvalue weighted by molar-refractivity contribution is 7.89. The average Bonchev–Trinajstić information content (AvgIpc) is 3.23. The van der Waals surface area contributed by atoms with E-state index < -0.39 is 16.1 Å². The summed E-state index contributed by atoms with van der Waals surface area (Å²) in [5.41, 5.74) is 1.75. The first-order valence-corrected chi connectivity index (χ1v) is 11.2. The maximum atomic E-state index is 13.0. The Morgan fingerprint density at radius 1 is 1.19 bits per heavy atom. The summed E-state index contributed by atoms with van der Waals surface area (Å²) in [4.78, 5) is 16.5. The molecule has 3 aromatic rings. The lowest BCUT2D eigenvalue weighted by Crippen LogP contribution is -2.30. The zero-order valence-corrected chi connectivity index (χ0v) is 18.2. The van der Waals surface area contributed by atoms with E-state index in [9.17, 15) is 17.6 Å². The molecule has 0 aliphatic rings. The average molecular weight is 459 g/mol. The minimum atomic E-state index is -3.61. The lowest BCUT2D eigenvalue weighted by molar-refractivity contribution is 0.252. The summed E-state index contributed by atoms with van der Waals surface area (Å²) < 4.78 is 44.4. The second-order valence-corrected chi connectivity index (χ2v) is 8.93. The molecule has 0 bridgehead atoms. The summed E-state index contributed by atoms with van der Waals surface area (Å²) in [6.45, 7) is 4.04. The number of urea groups is 1. The van der Waals surface area contributed by atoms with Gasteiger partial charge in [0, 0.05) is 37.8 Å². The Kier molecular flexibility index (Phi) is 7.39. The van der Waals surface area contributed by atoms with Crippen LogP contribution in [0.4, 0.5) is 14.9 Å². The minimum Gasteiger partial charge on any atom is -0.444 e. The number of hydrogen-bond acceptors (Lipinski definition) is 5. The minimum absolute atomic E-state index is 0.121. The third-order valence-electron chi connectivity index (χ3n) is 4.52. The maximum absolute atomic E-state index is 13.0. The standard InChI is InChI=1S/C22H23FN4O4S/c1-3-14-27(2)32(29,30)20-10-8-18(9-11-20)26-22(28)24-13-12-19-15-31-21(25-19)16-4-6-17(23)7-5-16/h3-11,15H,1,12-14H2,2H3,(H2,24,26,28). The first-order valence-electron chi connectivity index (χ1n) is 9.72. The molecule has 0 aliphatic heterocycles. The van der Waals surface area contributed by atoms with Gasteiger partial charge in [0.2, 0.25) is 15.9 Å². The summed E-state index contributed by atoms with van der Waals surface area (Å²) >= 11 is 0. The van der Waals surface area contributed by atoms with Crippen LogP contribution < -0.4 is 10.6 Å². The van der Waals surface area contributed by atoms with Gasteiger partial charge in [0.05, 0.1) is 10.6 Å². The van der Waals surface area contributed by atoms with Gasteiger partial charge in [-0.3, -0.25) is 0 Å². The molecule has 0 saturated heterocycles. The zero-order chi connectivity index (χ0) is 23.1. The number of likely N-dealkylation sites (N-methyl/N-ethyl adjacent to an activating group) is 1. The number of nitrogens with one attached hydrogen (secondary N) is 2. The molecule has 2 aromatic carbocycles. The number of nitrogens with zero attached hydrogens (tertiary/aromatic N) is 2. The van der Waals surface area contributed by atoms with Gasteiger partial charge in [-0.05, 0) is 48.5 Å². The maximum Gasteiger partial charge on any atom is 0.319 e. The Morgan fingerprint density at radius 3 is 2.53 bits per heavy atom. The van der Waals surface area contributed by atoms with Gasteiger partial charge >= 0.3 is 6.03 Å². The number of carbonyl (C=O) groups is 1. The van der Waals surface area contributed by atoms with E-state index in [1.165, 1.54) is 60.1 Å². The Labute approximate surface area is 185 Å². The van der Waals surface area contributed by atoms with Gasteiger partial charge in [0.15, 0.2) is 0 Å². The predicted octanol–water partition coefficient (Wildman–Crippen LogP) is 3.65. The van der Waals surface area contributed by atoms with Gasteiger partial charge in [0.25, 0.3) is 0 Å². The van der Waals surface area contributed by atoms with E-state index in [1.54, 1.807) is 12.1 Å². The highest BCUT2D eigenvalue weighted by Crippen LogP contribution is 2.19. The van der Waals surface area contributed by atoms with E-state index in [2.05, 4.69) is 22.2 Å². The van der Waals surface area contributed by atoms with Crippen molar-refractivity contribution >= 4 is 21.7 Å². The quantitative estimate of drug-likeness (QED) is 0.476. The number of carbonyl (C=O) groups excluding carboxylic acids is 1. The van der Waals surface area contributed by atoms with Gasteiger partial charge in [-0.1, -0.05) is 6.08 Å². The molecule has 0 fully saturated rings. The number of benzene rings is 2. The number of hydrogen-bond donors (Lipinski definition) is 2. The van der Waals surface area contributed by atoms with E-state index in [0.717, 1.165) is 0 Å². The molecule has 1 aromatic heterocycles. The van der Waals surface area contributed by atoms with Crippen LogP contribution in [0.25, 0.3) is 11.5 Å². The van der Waals surface area contributed by atoms with Crippen LogP contribution >= 0.6 is 0 Å². The first kappa shape index (κ1) is 23.2. The van der Waals surface area contributed by atoms with Crippen molar-refractivity contribution in [3.63, 3.8) is 0 Å². The van der Waals surface area contributed by atoms with Crippen LogP contribution in [0.5, 0.6) is 0 Å². The number of rotatable bonds is 9. The molecule has 2 amide bonds. The molecule has 0 unspecified atom stereocenters. The van der Waals surface area contributed by atoms with Crippen molar-refractivity contribution in [2.75, 3.05) is 25.5 Å². The van der Waals surface area contributed by atoms with E-state index >= 15 is 0 Å².